The maximum Gasteiger partial charge on any atom is 0.251 e. The zero-order valence-electron chi connectivity index (χ0n) is 13.5. The Balaban J connectivity index is 1.83. The summed E-state index contributed by atoms with van der Waals surface area (Å²) in [5.41, 5.74) is 3.48. The Morgan fingerprint density at radius 3 is 2.62 bits per heavy atom. The number of nitrogens with one attached hydrogen (secondary N) is 2. The molecule has 0 unspecified atom stereocenters. The Kier molecular flexibility index (Phi) is 4.93. The van der Waals surface area contributed by atoms with Gasteiger partial charge in [-0.1, -0.05) is 24.3 Å². The summed E-state index contributed by atoms with van der Waals surface area (Å²) < 4.78 is 5.95. The lowest BCUT2D eigenvalue weighted by Gasteiger charge is -2.02. The van der Waals surface area contributed by atoms with Gasteiger partial charge >= 0.3 is 0 Å². The smallest absolute Gasteiger partial charge is 0.251 e. The van der Waals surface area contributed by atoms with Crippen LogP contribution in [0, 0.1) is 0 Å². The van der Waals surface area contributed by atoms with Crippen molar-refractivity contribution >= 4 is 16.9 Å². The van der Waals surface area contributed by atoms with Gasteiger partial charge in [-0.15, -0.1) is 0 Å². The van der Waals surface area contributed by atoms with Crippen molar-refractivity contribution < 1.29 is 14.3 Å². The predicted molar refractivity (Wildman–Crippen MR) is 93.8 cm³/mol. The van der Waals surface area contributed by atoms with E-state index in [9.17, 15) is 4.79 Å². The van der Waals surface area contributed by atoms with Gasteiger partial charge in [-0.05, 0) is 29.8 Å². The lowest BCUT2D eigenvalue weighted by Crippen LogP contribution is -2.17. The zero-order valence-corrected chi connectivity index (χ0v) is 13.5. The van der Waals surface area contributed by atoms with Crippen LogP contribution in [0.25, 0.3) is 22.3 Å². The number of rotatable bonds is 6. The average molecular weight is 324 g/mol. The van der Waals surface area contributed by atoms with Crippen molar-refractivity contribution in [3.63, 3.8) is 0 Å². The van der Waals surface area contributed by atoms with Gasteiger partial charge in [0.1, 0.15) is 11.3 Å². The highest BCUT2D eigenvalue weighted by atomic mass is 16.3. The summed E-state index contributed by atoms with van der Waals surface area (Å²) in [5.74, 6) is 0.667. The minimum Gasteiger partial charge on any atom is -0.456 e. The molecule has 0 radical (unpaired) electrons. The van der Waals surface area contributed by atoms with Crippen molar-refractivity contribution in [1.82, 2.24) is 10.6 Å². The SMILES string of the molecule is CNC(=O)c1ccc(-c2cc3ccc(CNCCO)cc3o2)cc1. The van der Waals surface area contributed by atoms with Gasteiger partial charge in [0, 0.05) is 36.7 Å². The fourth-order valence-electron chi connectivity index (χ4n) is 2.57. The number of furan rings is 1. The topological polar surface area (TPSA) is 74.5 Å². The monoisotopic (exact) mass is 324 g/mol. The van der Waals surface area contributed by atoms with E-state index in [4.69, 9.17) is 9.52 Å². The number of benzene rings is 2. The predicted octanol–water partition coefficient (Wildman–Crippen LogP) is 2.54. The van der Waals surface area contributed by atoms with Crippen LogP contribution < -0.4 is 10.6 Å². The number of hydrogen-bond acceptors (Lipinski definition) is 4. The third-order valence-electron chi connectivity index (χ3n) is 3.86. The number of hydrogen-bond donors (Lipinski definition) is 3. The van der Waals surface area contributed by atoms with Crippen LogP contribution in [-0.4, -0.2) is 31.2 Å². The molecular weight excluding hydrogens is 304 g/mol. The maximum atomic E-state index is 11.6. The van der Waals surface area contributed by atoms with E-state index in [2.05, 4.69) is 10.6 Å². The summed E-state index contributed by atoms with van der Waals surface area (Å²) in [6, 6.07) is 15.4. The van der Waals surface area contributed by atoms with Gasteiger partial charge in [-0.3, -0.25) is 4.79 Å². The minimum atomic E-state index is -0.105. The average Bonchev–Trinajstić information content (AvgIpc) is 3.05. The molecule has 1 amide bonds. The van der Waals surface area contributed by atoms with Crippen molar-refractivity contribution in [2.45, 2.75) is 6.54 Å². The highest BCUT2D eigenvalue weighted by Crippen LogP contribution is 2.28. The lowest BCUT2D eigenvalue weighted by atomic mass is 10.1. The summed E-state index contributed by atoms with van der Waals surface area (Å²) in [6.07, 6.45) is 0. The van der Waals surface area contributed by atoms with E-state index in [0.717, 1.165) is 27.9 Å². The quantitative estimate of drug-likeness (QED) is 0.609. The van der Waals surface area contributed by atoms with Gasteiger partial charge in [0.15, 0.2) is 0 Å². The number of fused-ring (bicyclic) bond motifs is 1. The third kappa shape index (κ3) is 3.48. The molecule has 124 valence electrons. The maximum absolute atomic E-state index is 11.6. The van der Waals surface area contributed by atoms with E-state index in [0.29, 0.717) is 18.7 Å². The summed E-state index contributed by atoms with van der Waals surface area (Å²) in [7, 11) is 1.61. The molecule has 0 aliphatic rings. The number of amides is 1. The molecule has 3 rings (SSSR count). The van der Waals surface area contributed by atoms with E-state index in [-0.39, 0.29) is 12.5 Å². The molecule has 2 aromatic carbocycles. The molecular formula is C19H20N2O3. The van der Waals surface area contributed by atoms with Gasteiger partial charge in [-0.2, -0.15) is 0 Å². The van der Waals surface area contributed by atoms with E-state index in [1.807, 2.05) is 36.4 Å². The van der Waals surface area contributed by atoms with E-state index in [1.165, 1.54) is 0 Å². The Labute approximate surface area is 140 Å². The molecule has 24 heavy (non-hydrogen) atoms. The standard InChI is InChI=1S/C19H20N2O3/c1-20-19(23)15-6-4-14(5-7-15)18-11-16-3-2-13(10-17(16)24-18)12-21-8-9-22/h2-7,10-11,21-22H,8-9,12H2,1H3,(H,20,23). The van der Waals surface area contributed by atoms with Gasteiger partial charge in [0.05, 0.1) is 6.61 Å². The molecule has 0 aliphatic carbocycles. The second kappa shape index (κ2) is 7.29. The first-order chi connectivity index (χ1) is 11.7. The number of carbonyl (C=O) groups excluding carboxylic acids is 1. The van der Waals surface area contributed by atoms with Crippen LogP contribution in [0.2, 0.25) is 0 Å². The molecule has 3 N–H and O–H groups in total. The summed E-state index contributed by atoms with van der Waals surface area (Å²) >= 11 is 0. The molecule has 0 fully saturated rings. The Morgan fingerprint density at radius 1 is 1.12 bits per heavy atom. The van der Waals surface area contributed by atoms with Crippen molar-refractivity contribution in [3.8, 4) is 11.3 Å². The van der Waals surface area contributed by atoms with Crippen LogP contribution in [0.5, 0.6) is 0 Å². The molecule has 5 heteroatoms. The lowest BCUT2D eigenvalue weighted by molar-refractivity contribution is 0.0963. The molecule has 0 aliphatic heterocycles. The largest absolute Gasteiger partial charge is 0.456 e. The molecule has 0 saturated carbocycles. The van der Waals surface area contributed by atoms with Crippen LogP contribution in [0.3, 0.4) is 0 Å². The van der Waals surface area contributed by atoms with Crippen molar-refractivity contribution in [2.75, 3.05) is 20.2 Å². The fourth-order valence-corrected chi connectivity index (χ4v) is 2.57. The summed E-state index contributed by atoms with van der Waals surface area (Å²) in [4.78, 5) is 11.6. The zero-order chi connectivity index (χ0) is 16.9. The second-order valence-electron chi connectivity index (χ2n) is 5.54. The first-order valence-electron chi connectivity index (χ1n) is 7.88. The van der Waals surface area contributed by atoms with Crippen LogP contribution >= 0.6 is 0 Å². The molecule has 3 aromatic rings. The molecule has 5 nitrogen and oxygen atoms in total. The number of aliphatic hydroxyl groups is 1. The highest BCUT2D eigenvalue weighted by molar-refractivity contribution is 5.94. The number of aliphatic hydroxyl groups excluding tert-OH is 1. The fraction of sp³-hybridized carbons (Fsp3) is 0.211. The molecule has 1 heterocycles. The molecule has 0 atom stereocenters. The van der Waals surface area contributed by atoms with Crippen LogP contribution in [0.15, 0.2) is 52.9 Å². The van der Waals surface area contributed by atoms with Crippen molar-refractivity contribution in [2.24, 2.45) is 0 Å². The molecule has 0 bridgehead atoms. The van der Waals surface area contributed by atoms with Gasteiger partial charge < -0.3 is 20.2 Å². The number of carbonyl (C=O) groups is 1. The Morgan fingerprint density at radius 2 is 1.92 bits per heavy atom. The van der Waals surface area contributed by atoms with E-state index >= 15 is 0 Å². The van der Waals surface area contributed by atoms with E-state index < -0.39 is 0 Å². The minimum absolute atomic E-state index is 0.105. The Bertz CT molecular complexity index is 837. The molecule has 0 saturated heterocycles. The van der Waals surface area contributed by atoms with Gasteiger partial charge in [0.25, 0.3) is 5.91 Å². The molecule has 1 aromatic heterocycles. The van der Waals surface area contributed by atoms with Gasteiger partial charge in [-0.25, -0.2) is 0 Å². The van der Waals surface area contributed by atoms with Crippen LogP contribution in [-0.2, 0) is 6.54 Å². The summed E-state index contributed by atoms with van der Waals surface area (Å²) in [6.45, 7) is 1.38. The summed E-state index contributed by atoms with van der Waals surface area (Å²) in [5, 5.41) is 15.6. The second-order valence-corrected chi connectivity index (χ2v) is 5.54. The Hall–Kier alpha value is -2.63. The van der Waals surface area contributed by atoms with Gasteiger partial charge in [0.2, 0.25) is 0 Å². The van der Waals surface area contributed by atoms with Crippen molar-refractivity contribution in [3.05, 3.63) is 59.7 Å². The van der Waals surface area contributed by atoms with Crippen LogP contribution in [0.1, 0.15) is 15.9 Å². The normalized spacial score (nSPS) is 10.9. The highest BCUT2D eigenvalue weighted by Gasteiger charge is 2.08. The first-order valence-corrected chi connectivity index (χ1v) is 7.88. The molecule has 0 spiro atoms. The van der Waals surface area contributed by atoms with E-state index in [1.54, 1.807) is 19.2 Å². The first kappa shape index (κ1) is 16.2. The third-order valence-corrected chi connectivity index (χ3v) is 3.86. The van der Waals surface area contributed by atoms with Crippen molar-refractivity contribution in [1.29, 1.82) is 0 Å². The van der Waals surface area contributed by atoms with Crippen LogP contribution in [0.4, 0.5) is 0 Å².